The number of rotatable bonds is 5. The van der Waals surface area contributed by atoms with Crippen LogP contribution in [0.1, 0.15) is 64.8 Å². The molecule has 0 unspecified atom stereocenters. The third-order valence-electron chi connectivity index (χ3n) is 4.47. The Kier molecular flexibility index (Phi) is 12.3. The van der Waals surface area contributed by atoms with Crippen molar-refractivity contribution in [2.24, 2.45) is 11.8 Å². The minimum absolute atomic E-state index is 0.0122. The Morgan fingerprint density at radius 2 is 1.37 bits per heavy atom. The van der Waals surface area contributed by atoms with Crippen LogP contribution in [0.25, 0.3) is 0 Å². The molecule has 1 aromatic carbocycles. The van der Waals surface area contributed by atoms with Gasteiger partial charge in [0.2, 0.25) is 23.6 Å². The lowest BCUT2D eigenvalue weighted by Gasteiger charge is -2.08. The van der Waals surface area contributed by atoms with E-state index in [-0.39, 0.29) is 29.5 Å². The van der Waals surface area contributed by atoms with Crippen molar-refractivity contribution in [2.75, 3.05) is 10.6 Å². The largest absolute Gasteiger partial charge is 0.425 e. The molecule has 3 aromatic rings. The molecule has 0 aliphatic carbocycles. The predicted octanol–water partition coefficient (Wildman–Crippen LogP) is 5.91. The fourth-order valence-electron chi connectivity index (χ4n) is 2.22. The van der Waals surface area contributed by atoms with E-state index >= 15 is 0 Å². The molecular weight excluding hydrogens is 449 g/mol. The van der Waals surface area contributed by atoms with Crippen LogP contribution in [-0.2, 0) is 9.59 Å². The summed E-state index contributed by atoms with van der Waals surface area (Å²) in [7, 11) is 0. The van der Waals surface area contributed by atoms with Crippen molar-refractivity contribution in [1.29, 1.82) is 0 Å². The van der Waals surface area contributed by atoms with Gasteiger partial charge in [-0.15, -0.1) is 10.2 Å². The number of nitrogens with zero attached hydrogens (tertiary/aromatic N) is 3. The van der Waals surface area contributed by atoms with Crippen LogP contribution in [-0.4, -0.2) is 27.0 Å². The number of carbonyl (C=O) groups is 2. The zero-order valence-corrected chi connectivity index (χ0v) is 21.7. The molecule has 8 nitrogen and oxygen atoms in total. The second-order valence-corrected chi connectivity index (χ2v) is 8.80. The highest BCUT2D eigenvalue weighted by molar-refractivity contribution is 5.92. The molecular formula is C26H36FN5O3. The molecule has 0 saturated heterocycles. The molecule has 3 rings (SSSR count). The van der Waals surface area contributed by atoms with Gasteiger partial charge in [-0.3, -0.25) is 14.6 Å². The fourth-order valence-corrected chi connectivity index (χ4v) is 2.22. The summed E-state index contributed by atoms with van der Waals surface area (Å²) < 4.78 is 18.2. The molecule has 2 aromatic heterocycles. The molecule has 0 radical (unpaired) electrons. The number of amides is 2. The Morgan fingerprint density at radius 1 is 0.829 bits per heavy atom. The van der Waals surface area contributed by atoms with Crippen molar-refractivity contribution in [2.45, 2.75) is 61.3 Å². The Hall–Kier alpha value is -3.62. The van der Waals surface area contributed by atoms with Gasteiger partial charge in [0.15, 0.2) is 0 Å². The molecule has 2 N–H and O–H groups in total. The topological polar surface area (TPSA) is 110 Å². The second-order valence-electron chi connectivity index (χ2n) is 8.80. The molecule has 0 atom stereocenters. The molecule has 0 saturated carbocycles. The number of hydrogen-bond acceptors (Lipinski definition) is 6. The first-order valence-electron chi connectivity index (χ1n) is 11.5. The van der Waals surface area contributed by atoms with E-state index in [4.69, 9.17) is 4.42 Å². The maximum atomic E-state index is 13.1. The van der Waals surface area contributed by atoms with Gasteiger partial charge in [0, 0.05) is 48.4 Å². The summed E-state index contributed by atoms with van der Waals surface area (Å²) >= 11 is 0. The van der Waals surface area contributed by atoms with E-state index in [2.05, 4.69) is 25.8 Å². The highest BCUT2D eigenvalue weighted by Gasteiger charge is 2.08. The summed E-state index contributed by atoms with van der Waals surface area (Å²) in [4.78, 5) is 26.3. The summed E-state index contributed by atoms with van der Waals surface area (Å²) in [6, 6.07) is 8.19. The fraction of sp³-hybridized carbons (Fsp3) is 0.423. The van der Waals surface area contributed by atoms with Gasteiger partial charge >= 0.3 is 0 Å². The molecule has 2 heterocycles. The Labute approximate surface area is 206 Å². The van der Waals surface area contributed by atoms with Crippen molar-refractivity contribution in [3.8, 4) is 0 Å². The molecule has 190 valence electrons. The number of anilines is 2. The number of aromatic nitrogens is 3. The highest BCUT2D eigenvalue weighted by atomic mass is 19.1. The minimum atomic E-state index is -0.299. The lowest BCUT2D eigenvalue weighted by Crippen LogP contribution is -2.17. The first-order chi connectivity index (χ1) is 16.4. The monoisotopic (exact) mass is 485 g/mol. The minimum Gasteiger partial charge on any atom is -0.425 e. The first-order valence-corrected chi connectivity index (χ1v) is 11.5. The van der Waals surface area contributed by atoms with E-state index < -0.39 is 0 Å². The van der Waals surface area contributed by atoms with Crippen molar-refractivity contribution < 1.29 is 18.4 Å². The highest BCUT2D eigenvalue weighted by Crippen LogP contribution is 2.14. The van der Waals surface area contributed by atoms with Gasteiger partial charge in [0.1, 0.15) is 5.82 Å². The number of halogens is 1. The summed E-state index contributed by atoms with van der Waals surface area (Å²) in [6.07, 6.45) is 3.30. The van der Waals surface area contributed by atoms with E-state index in [1.165, 1.54) is 6.07 Å². The van der Waals surface area contributed by atoms with Crippen LogP contribution < -0.4 is 10.6 Å². The molecule has 0 bridgehead atoms. The SMILES string of the molecule is CC(C)C(=O)Nc1ccncc1.Cc1ccc(NC(=O)C(C)C)cc1F.Cc1nnc(C(C)C)o1. The zero-order valence-electron chi connectivity index (χ0n) is 21.7. The molecule has 0 aliphatic rings. The Morgan fingerprint density at radius 3 is 1.77 bits per heavy atom. The summed E-state index contributed by atoms with van der Waals surface area (Å²) in [5.74, 6) is 1.23. The number of benzene rings is 1. The van der Waals surface area contributed by atoms with Gasteiger partial charge in [0.25, 0.3) is 0 Å². The summed E-state index contributed by atoms with van der Waals surface area (Å²) in [5.41, 5.74) is 1.88. The van der Waals surface area contributed by atoms with Crippen molar-refractivity contribution >= 4 is 23.2 Å². The van der Waals surface area contributed by atoms with Crippen LogP contribution in [0.5, 0.6) is 0 Å². The maximum absolute atomic E-state index is 13.1. The third kappa shape index (κ3) is 11.4. The van der Waals surface area contributed by atoms with Gasteiger partial charge in [-0.1, -0.05) is 47.6 Å². The van der Waals surface area contributed by atoms with Crippen molar-refractivity contribution in [3.05, 3.63) is 65.9 Å². The van der Waals surface area contributed by atoms with Crippen LogP contribution >= 0.6 is 0 Å². The van der Waals surface area contributed by atoms with E-state index in [1.807, 2.05) is 27.7 Å². The van der Waals surface area contributed by atoms with Crippen LogP contribution in [0.15, 0.2) is 47.1 Å². The number of nitrogens with one attached hydrogen (secondary N) is 2. The summed E-state index contributed by atoms with van der Waals surface area (Å²) in [5, 5.41) is 12.9. The number of aryl methyl sites for hydroxylation is 2. The average molecular weight is 486 g/mol. The predicted molar refractivity (Wildman–Crippen MR) is 135 cm³/mol. The molecule has 9 heteroatoms. The molecule has 0 fully saturated rings. The normalized spacial score (nSPS) is 10.3. The standard InChI is InChI=1S/C11H14FNO.C9H12N2O.C6H10N2O/c1-7(2)11(14)13-9-5-4-8(3)10(12)6-9;1-7(2)9(12)11-8-3-5-10-6-4-8;1-4(2)6-8-7-5(3)9-6/h4-7H,1-3H3,(H,13,14);3-7H,1-2H3,(H,10,11,12);4H,1-3H3. The second kappa shape index (κ2) is 14.6. The lowest BCUT2D eigenvalue weighted by molar-refractivity contribution is -0.119. The molecule has 0 spiro atoms. The van der Waals surface area contributed by atoms with Crippen LogP contribution in [0.3, 0.4) is 0 Å². The van der Waals surface area contributed by atoms with Gasteiger partial charge in [-0.25, -0.2) is 4.39 Å². The van der Waals surface area contributed by atoms with Gasteiger partial charge in [-0.2, -0.15) is 0 Å². The quantitative estimate of drug-likeness (QED) is 0.465. The Bertz CT molecular complexity index is 1070. The first kappa shape index (κ1) is 29.4. The lowest BCUT2D eigenvalue weighted by atomic mass is 10.2. The number of carbonyl (C=O) groups excluding carboxylic acids is 2. The molecule has 2 amide bonds. The Balaban J connectivity index is 0.000000269. The zero-order chi connectivity index (χ0) is 26.5. The molecule has 0 aliphatic heterocycles. The third-order valence-corrected chi connectivity index (χ3v) is 4.47. The van der Waals surface area contributed by atoms with Crippen LogP contribution in [0.4, 0.5) is 15.8 Å². The van der Waals surface area contributed by atoms with E-state index in [9.17, 15) is 14.0 Å². The van der Waals surface area contributed by atoms with E-state index in [1.54, 1.807) is 64.4 Å². The smallest absolute Gasteiger partial charge is 0.226 e. The van der Waals surface area contributed by atoms with Crippen LogP contribution in [0, 0.1) is 31.5 Å². The van der Waals surface area contributed by atoms with Gasteiger partial charge < -0.3 is 15.1 Å². The maximum Gasteiger partial charge on any atom is 0.226 e. The van der Waals surface area contributed by atoms with Gasteiger partial charge in [0.05, 0.1) is 0 Å². The number of pyridine rings is 1. The molecule has 35 heavy (non-hydrogen) atoms. The number of hydrogen-bond donors (Lipinski definition) is 2. The van der Waals surface area contributed by atoms with Crippen molar-refractivity contribution in [1.82, 2.24) is 15.2 Å². The van der Waals surface area contributed by atoms with Gasteiger partial charge in [-0.05, 0) is 36.8 Å². The summed E-state index contributed by atoms with van der Waals surface area (Å²) in [6.45, 7) is 14.8. The van der Waals surface area contributed by atoms with E-state index in [0.717, 1.165) is 5.69 Å². The average Bonchev–Trinajstić information content (AvgIpc) is 3.24. The van der Waals surface area contributed by atoms with Crippen molar-refractivity contribution in [3.63, 3.8) is 0 Å². The van der Waals surface area contributed by atoms with Crippen LogP contribution in [0.2, 0.25) is 0 Å². The van der Waals surface area contributed by atoms with E-state index in [0.29, 0.717) is 29.0 Å².